The smallest absolute Gasteiger partial charge is 0.340 e. The van der Waals surface area contributed by atoms with E-state index in [4.69, 9.17) is 16.3 Å². The molecule has 0 fully saturated rings. The maximum Gasteiger partial charge on any atom is 0.340 e. The third-order valence-corrected chi connectivity index (χ3v) is 5.77. The second-order valence-electron chi connectivity index (χ2n) is 7.32. The van der Waals surface area contributed by atoms with E-state index in [2.05, 4.69) is 15.6 Å². The molecule has 4 rings (SSSR count). The van der Waals surface area contributed by atoms with Crippen LogP contribution >= 0.6 is 22.9 Å². The molecule has 1 aromatic heterocycles. The number of carbonyl (C=O) groups is 3. The molecule has 1 heterocycles. The number of ether oxygens (including phenoxy) is 1. The van der Waals surface area contributed by atoms with Crippen LogP contribution in [0.25, 0.3) is 11.3 Å². The summed E-state index contributed by atoms with van der Waals surface area (Å²) in [4.78, 5) is 41.6. The standard InChI is InChI=1S/C25H16ClF2N3O4S/c26-16-5-10-19(20(11-16)29-23(33)15-3-8-18(28)9-4-15)24(34)35-12-22(32)31-25-30-21(13-36-25)14-1-6-17(27)7-2-14/h1-11,13H,12H2,(H,29,33)(H,30,31,32). The Kier molecular flexibility index (Phi) is 7.67. The molecular weight excluding hydrogens is 512 g/mol. The number of nitrogens with zero attached hydrogens (tertiary/aromatic N) is 1. The van der Waals surface area contributed by atoms with Gasteiger partial charge in [-0.2, -0.15) is 0 Å². The van der Waals surface area contributed by atoms with Crippen molar-refractivity contribution < 1.29 is 27.9 Å². The minimum atomic E-state index is -0.873. The normalized spacial score (nSPS) is 10.5. The highest BCUT2D eigenvalue weighted by Gasteiger charge is 2.18. The Labute approximate surface area is 212 Å². The van der Waals surface area contributed by atoms with Crippen LogP contribution in [0, 0.1) is 11.6 Å². The molecule has 11 heteroatoms. The second-order valence-corrected chi connectivity index (χ2v) is 8.61. The summed E-state index contributed by atoms with van der Waals surface area (Å²) in [7, 11) is 0. The Morgan fingerprint density at radius 1 is 0.917 bits per heavy atom. The van der Waals surface area contributed by atoms with E-state index in [1.165, 1.54) is 42.5 Å². The number of thiazole rings is 1. The van der Waals surface area contributed by atoms with Gasteiger partial charge in [-0.25, -0.2) is 18.6 Å². The molecule has 0 atom stereocenters. The predicted octanol–water partition coefficient (Wildman–Crippen LogP) is 5.79. The lowest BCUT2D eigenvalue weighted by Gasteiger charge is -2.11. The van der Waals surface area contributed by atoms with Gasteiger partial charge >= 0.3 is 5.97 Å². The van der Waals surface area contributed by atoms with Gasteiger partial charge in [-0.15, -0.1) is 11.3 Å². The number of amides is 2. The van der Waals surface area contributed by atoms with E-state index in [0.29, 0.717) is 11.3 Å². The van der Waals surface area contributed by atoms with Crippen LogP contribution in [0.5, 0.6) is 0 Å². The fourth-order valence-corrected chi connectivity index (χ4v) is 3.95. The number of carbonyl (C=O) groups excluding carboxylic acids is 3. The highest BCUT2D eigenvalue weighted by molar-refractivity contribution is 7.14. The molecule has 0 unspecified atom stereocenters. The molecule has 0 aliphatic heterocycles. The van der Waals surface area contributed by atoms with Crippen molar-refractivity contribution in [2.75, 3.05) is 17.2 Å². The molecule has 0 saturated heterocycles. The summed E-state index contributed by atoms with van der Waals surface area (Å²) in [5, 5.41) is 7.28. The van der Waals surface area contributed by atoms with E-state index in [9.17, 15) is 23.2 Å². The zero-order valence-electron chi connectivity index (χ0n) is 18.3. The number of hydrogen-bond donors (Lipinski definition) is 2. The largest absolute Gasteiger partial charge is 0.452 e. The molecule has 3 aromatic carbocycles. The molecule has 2 N–H and O–H groups in total. The summed E-state index contributed by atoms with van der Waals surface area (Å²) < 4.78 is 31.3. The first-order valence-corrected chi connectivity index (χ1v) is 11.6. The summed E-state index contributed by atoms with van der Waals surface area (Å²) >= 11 is 7.16. The molecule has 182 valence electrons. The fourth-order valence-electron chi connectivity index (χ4n) is 3.04. The van der Waals surface area contributed by atoms with Crippen LogP contribution in [-0.2, 0) is 9.53 Å². The molecule has 2 amide bonds. The van der Waals surface area contributed by atoms with Gasteiger partial charge in [0.25, 0.3) is 11.8 Å². The van der Waals surface area contributed by atoms with Gasteiger partial charge in [0.1, 0.15) is 11.6 Å². The SMILES string of the molecule is O=C(COC(=O)c1ccc(Cl)cc1NC(=O)c1ccc(F)cc1)Nc1nc(-c2ccc(F)cc2)cs1. The summed E-state index contributed by atoms with van der Waals surface area (Å²) in [5.41, 5.74) is 1.42. The highest BCUT2D eigenvalue weighted by atomic mass is 35.5. The summed E-state index contributed by atoms with van der Waals surface area (Å²) in [6.45, 7) is -0.613. The molecular formula is C25H16ClF2N3O4S. The molecule has 0 spiro atoms. The number of hydrogen-bond acceptors (Lipinski definition) is 6. The van der Waals surface area contributed by atoms with E-state index in [1.54, 1.807) is 17.5 Å². The third-order valence-electron chi connectivity index (χ3n) is 4.78. The Morgan fingerprint density at radius 3 is 2.28 bits per heavy atom. The lowest BCUT2D eigenvalue weighted by Crippen LogP contribution is -2.22. The molecule has 0 aliphatic carbocycles. The van der Waals surface area contributed by atoms with Crippen LogP contribution in [0.1, 0.15) is 20.7 Å². The number of rotatable bonds is 7. The predicted molar refractivity (Wildman–Crippen MR) is 132 cm³/mol. The number of benzene rings is 3. The number of nitrogens with one attached hydrogen (secondary N) is 2. The average Bonchev–Trinajstić information content (AvgIpc) is 3.32. The highest BCUT2D eigenvalue weighted by Crippen LogP contribution is 2.25. The zero-order chi connectivity index (χ0) is 25.7. The van der Waals surface area contributed by atoms with Gasteiger partial charge in [-0.05, 0) is 66.7 Å². The van der Waals surface area contributed by atoms with Gasteiger partial charge < -0.3 is 10.1 Å². The van der Waals surface area contributed by atoms with E-state index < -0.39 is 30.2 Å². The number of halogens is 3. The first-order valence-electron chi connectivity index (χ1n) is 10.3. The number of anilines is 2. The molecule has 0 bridgehead atoms. The maximum atomic E-state index is 13.1. The van der Waals surface area contributed by atoms with Gasteiger partial charge in [0.05, 0.1) is 16.9 Å². The van der Waals surface area contributed by atoms with Gasteiger partial charge in [0.2, 0.25) is 0 Å². The Hall–Kier alpha value is -4.15. The van der Waals surface area contributed by atoms with Crippen molar-refractivity contribution in [3.63, 3.8) is 0 Å². The van der Waals surface area contributed by atoms with Crippen LogP contribution in [0.15, 0.2) is 72.1 Å². The van der Waals surface area contributed by atoms with Crippen LogP contribution in [-0.4, -0.2) is 29.4 Å². The molecule has 0 radical (unpaired) electrons. The quantitative estimate of drug-likeness (QED) is 0.296. The van der Waals surface area contributed by atoms with Gasteiger partial charge in [-0.3, -0.25) is 14.9 Å². The van der Waals surface area contributed by atoms with Crippen molar-refractivity contribution in [2.45, 2.75) is 0 Å². The van der Waals surface area contributed by atoms with Crippen molar-refractivity contribution in [1.82, 2.24) is 4.98 Å². The molecule has 0 saturated carbocycles. The summed E-state index contributed by atoms with van der Waals surface area (Å²) in [5.74, 6) is -2.97. The minimum Gasteiger partial charge on any atom is -0.452 e. The first-order chi connectivity index (χ1) is 17.3. The Bertz CT molecular complexity index is 1430. The van der Waals surface area contributed by atoms with E-state index >= 15 is 0 Å². The summed E-state index contributed by atoms with van der Waals surface area (Å²) in [6.07, 6.45) is 0. The van der Waals surface area contributed by atoms with E-state index in [1.807, 2.05) is 0 Å². The van der Waals surface area contributed by atoms with Crippen LogP contribution in [0.3, 0.4) is 0 Å². The molecule has 36 heavy (non-hydrogen) atoms. The molecule has 0 aliphatic rings. The van der Waals surface area contributed by atoms with Crippen LogP contribution in [0.4, 0.5) is 19.6 Å². The van der Waals surface area contributed by atoms with Crippen molar-refractivity contribution >= 4 is 51.5 Å². The van der Waals surface area contributed by atoms with Gasteiger partial charge in [0.15, 0.2) is 11.7 Å². The number of esters is 1. The number of aromatic nitrogens is 1. The van der Waals surface area contributed by atoms with Gasteiger partial charge in [-0.1, -0.05) is 11.6 Å². The van der Waals surface area contributed by atoms with E-state index in [-0.39, 0.29) is 32.8 Å². The maximum absolute atomic E-state index is 13.1. The van der Waals surface area contributed by atoms with Crippen molar-refractivity contribution in [3.8, 4) is 11.3 Å². The average molecular weight is 528 g/mol. The third kappa shape index (κ3) is 6.29. The van der Waals surface area contributed by atoms with Crippen LogP contribution < -0.4 is 10.6 Å². The van der Waals surface area contributed by atoms with Gasteiger partial charge in [0, 0.05) is 21.5 Å². The monoisotopic (exact) mass is 527 g/mol. The van der Waals surface area contributed by atoms with Crippen molar-refractivity contribution in [2.24, 2.45) is 0 Å². The van der Waals surface area contributed by atoms with Crippen molar-refractivity contribution in [3.05, 3.63) is 99.9 Å². The van der Waals surface area contributed by atoms with Crippen molar-refractivity contribution in [1.29, 1.82) is 0 Å². The fraction of sp³-hybridized carbons (Fsp3) is 0.0400. The molecule has 4 aromatic rings. The molecule has 7 nitrogen and oxygen atoms in total. The first kappa shape index (κ1) is 25.0. The lowest BCUT2D eigenvalue weighted by molar-refractivity contribution is -0.119. The second kappa shape index (κ2) is 11.1. The minimum absolute atomic E-state index is 0.0319. The Balaban J connectivity index is 1.37. The Morgan fingerprint density at radius 2 is 1.58 bits per heavy atom. The topological polar surface area (TPSA) is 97.4 Å². The van der Waals surface area contributed by atoms with E-state index in [0.717, 1.165) is 23.5 Å². The zero-order valence-corrected chi connectivity index (χ0v) is 19.8. The summed E-state index contributed by atoms with van der Waals surface area (Å²) in [6, 6.07) is 14.7. The lowest BCUT2D eigenvalue weighted by atomic mass is 10.1. The van der Waals surface area contributed by atoms with Crippen LogP contribution in [0.2, 0.25) is 5.02 Å².